The van der Waals surface area contributed by atoms with Crippen molar-refractivity contribution >= 4 is 18.3 Å². The third-order valence-electron chi connectivity index (χ3n) is 3.34. The smallest absolute Gasteiger partial charge is 0.236 e. The van der Waals surface area contributed by atoms with Crippen LogP contribution >= 0.6 is 12.4 Å². The third kappa shape index (κ3) is 5.70. The molecule has 17 heavy (non-hydrogen) atoms. The van der Waals surface area contributed by atoms with Gasteiger partial charge in [0.25, 0.3) is 0 Å². The van der Waals surface area contributed by atoms with Gasteiger partial charge in [0.05, 0.1) is 12.1 Å². The molecule has 1 rings (SSSR count). The van der Waals surface area contributed by atoms with E-state index >= 15 is 0 Å². The molecule has 4 N–H and O–H groups in total. The Bertz CT molecular complexity index is 227. The Morgan fingerprint density at radius 2 is 2.12 bits per heavy atom. The fourth-order valence-electron chi connectivity index (χ4n) is 2.23. The summed E-state index contributed by atoms with van der Waals surface area (Å²) in [4.78, 5) is 11.6. The van der Waals surface area contributed by atoms with Gasteiger partial charge < -0.3 is 16.2 Å². The molecule has 0 aliphatic heterocycles. The minimum absolute atomic E-state index is 0. The van der Waals surface area contributed by atoms with Gasteiger partial charge in [-0.25, -0.2) is 0 Å². The van der Waals surface area contributed by atoms with Crippen molar-refractivity contribution in [2.24, 2.45) is 11.7 Å². The van der Waals surface area contributed by atoms with E-state index in [2.05, 4.69) is 5.32 Å². The van der Waals surface area contributed by atoms with Gasteiger partial charge in [0.2, 0.25) is 5.91 Å². The van der Waals surface area contributed by atoms with Crippen molar-refractivity contribution in [2.75, 3.05) is 6.54 Å². The fourth-order valence-corrected chi connectivity index (χ4v) is 2.23. The number of nitrogens with one attached hydrogen (secondary N) is 1. The number of hydrogen-bond donors (Lipinski definition) is 3. The standard InChI is InChI=1S/C12H24N2O2.ClH/c1-2-5-10(13)12(16)14-8-9-6-3-4-7-11(9)15;/h9-11,15H,2-8,13H2,1H3,(H,14,16);1H. The second kappa shape index (κ2) is 8.72. The summed E-state index contributed by atoms with van der Waals surface area (Å²) in [5.41, 5.74) is 5.70. The summed E-state index contributed by atoms with van der Waals surface area (Å²) in [6, 6.07) is -0.397. The zero-order valence-electron chi connectivity index (χ0n) is 10.5. The normalized spacial score (nSPS) is 25.8. The zero-order valence-corrected chi connectivity index (χ0v) is 11.3. The molecule has 0 spiro atoms. The summed E-state index contributed by atoms with van der Waals surface area (Å²) in [6.45, 7) is 2.58. The summed E-state index contributed by atoms with van der Waals surface area (Å²) in [6.07, 6.45) is 5.50. The molecule has 0 heterocycles. The number of hydrogen-bond acceptors (Lipinski definition) is 3. The predicted molar refractivity (Wildman–Crippen MR) is 71.1 cm³/mol. The first-order valence-corrected chi connectivity index (χ1v) is 6.36. The second-order valence-corrected chi connectivity index (χ2v) is 4.75. The van der Waals surface area contributed by atoms with Crippen LogP contribution in [0.3, 0.4) is 0 Å². The monoisotopic (exact) mass is 264 g/mol. The highest BCUT2D eigenvalue weighted by Crippen LogP contribution is 2.23. The van der Waals surface area contributed by atoms with Crippen molar-refractivity contribution in [1.82, 2.24) is 5.32 Å². The molecule has 1 aliphatic rings. The molecular formula is C12H25ClN2O2. The maximum absolute atomic E-state index is 11.6. The summed E-state index contributed by atoms with van der Waals surface area (Å²) in [5, 5.41) is 12.6. The van der Waals surface area contributed by atoms with E-state index in [1.54, 1.807) is 0 Å². The molecule has 1 aliphatic carbocycles. The SMILES string of the molecule is CCCC(N)C(=O)NCC1CCCCC1O.Cl. The first kappa shape index (κ1) is 16.7. The number of carbonyl (C=O) groups is 1. The molecule has 0 aromatic rings. The summed E-state index contributed by atoms with van der Waals surface area (Å²) in [7, 11) is 0. The van der Waals surface area contributed by atoms with E-state index in [-0.39, 0.29) is 30.3 Å². The number of nitrogens with two attached hydrogens (primary N) is 1. The molecule has 0 aromatic heterocycles. The van der Waals surface area contributed by atoms with E-state index in [1.165, 1.54) is 0 Å². The maximum Gasteiger partial charge on any atom is 0.236 e. The zero-order chi connectivity index (χ0) is 12.0. The van der Waals surface area contributed by atoms with Crippen LogP contribution in [0.25, 0.3) is 0 Å². The molecule has 0 radical (unpaired) electrons. The molecule has 1 fully saturated rings. The van der Waals surface area contributed by atoms with Crippen LogP contribution in [-0.2, 0) is 4.79 Å². The van der Waals surface area contributed by atoms with Crippen LogP contribution in [-0.4, -0.2) is 29.7 Å². The molecule has 0 aromatic carbocycles. The van der Waals surface area contributed by atoms with E-state index in [0.717, 1.165) is 38.5 Å². The van der Waals surface area contributed by atoms with Gasteiger partial charge in [0.1, 0.15) is 0 Å². The van der Waals surface area contributed by atoms with Crippen LogP contribution in [0.2, 0.25) is 0 Å². The lowest BCUT2D eigenvalue weighted by Gasteiger charge is -2.28. The molecule has 0 saturated heterocycles. The van der Waals surface area contributed by atoms with Gasteiger partial charge in [-0.1, -0.05) is 26.2 Å². The van der Waals surface area contributed by atoms with Crippen molar-refractivity contribution < 1.29 is 9.90 Å². The first-order chi connectivity index (χ1) is 7.65. The van der Waals surface area contributed by atoms with Gasteiger partial charge in [-0.15, -0.1) is 12.4 Å². The number of carbonyl (C=O) groups excluding carboxylic acids is 1. The Morgan fingerprint density at radius 1 is 1.47 bits per heavy atom. The average molecular weight is 265 g/mol. The fraction of sp³-hybridized carbons (Fsp3) is 0.917. The lowest BCUT2D eigenvalue weighted by atomic mass is 9.86. The maximum atomic E-state index is 11.6. The Labute approximate surface area is 110 Å². The molecule has 102 valence electrons. The van der Waals surface area contributed by atoms with Crippen LogP contribution in [0.5, 0.6) is 0 Å². The topological polar surface area (TPSA) is 75.4 Å². The van der Waals surface area contributed by atoms with Crippen LogP contribution in [0.4, 0.5) is 0 Å². The highest BCUT2D eigenvalue weighted by atomic mass is 35.5. The predicted octanol–water partition coefficient (Wildman–Crippen LogP) is 1.20. The summed E-state index contributed by atoms with van der Waals surface area (Å²) >= 11 is 0. The minimum Gasteiger partial charge on any atom is -0.393 e. The Kier molecular flexibility index (Phi) is 8.56. The van der Waals surface area contributed by atoms with Crippen molar-refractivity contribution in [1.29, 1.82) is 0 Å². The quantitative estimate of drug-likeness (QED) is 0.699. The molecule has 1 amide bonds. The molecule has 1 saturated carbocycles. The number of rotatable bonds is 5. The molecule has 5 heteroatoms. The van der Waals surface area contributed by atoms with E-state index in [4.69, 9.17) is 5.73 Å². The average Bonchev–Trinajstić information content (AvgIpc) is 2.28. The molecule has 3 atom stereocenters. The highest BCUT2D eigenvalue weighted by Gasteiger charge is 2.23. The van der Waals surface area contributed by atoms with Crippen molar-refractivity contribution in [3.63, 3.8) is 0 Å². The van der Waals surface area contributed by atoms with E-state index in [1.807, 2.05) is 6.92 Å². The van der Waals surface area contributed by atoms with E-state index in [9.17, 15) is 9.90 Å². The lowest BCUT2D eigenvalue weighted by Crippen LogP contribution is -2.44. The van der Waals surface area contributed by atoms with Crippen LogP contribution in [0.1, 0.15) is 45.4 Å². The third-order valence-corrected chi connectivity index (χ3v) is 3.34. The van der Waals surface area contributed by atoms with Crippen LogP contribution in [0.15, 0.2) is 0 Å². The molecule has 4 nitrogen and oxygen atoms in total. The van der Waals surface area contributed by atoms with E-state index in [0.29, 0.717) is 6.54 Å². The van der Waals surface area contributed by atoms with Crippen molar-refractivity contribution in [2.45, 2.75) is 57.6 Å². The highest BCUT2D eigenvalue weighted by molar-refractivity contribution is 5.85. The Hall–Kier alpha value is -0.320. The van der Waals surface area contributed by atoms with Crippen LogP contribution in [0, 0.1) is 5.92 Å². The van der Waals surface area contributed by atoms with Gasteiger partial charge in [0.15, 0.2) is 0 Å². The molecule has 3 unspecified atom stereocenters. The summed E-state index contributed by atoms with van der Waals surface area (Å²) < 4.78 is 0. The number of aliphatic hydroxyl groups excluding tert-OH is 1. The van der Waals surface area contributed by atoms with Crippen molar-refractivity contribution in [3.8, 4) is 0 Å². The van der Waals surface area contributed by atoms with Crippen LogP contribution < -0.4 is 11.1 Å². The molecular weight excluding hydrogens is 240 g/mol. The number of amides is 1. The number of halogens is 1. The Balaban J connectivity index is 0.00000256. The molecule has 0 bridgehead atoms. The van der Waals surface area contributed by atoms with Gasteiger partial charge >= 0.3 is 0 Å². The lowest BCUT2D eigenvalue weighted by molar-refractivity contribution is -0.122. The largest absolute Gasteiger partial charge is 0.393 e. The van der Waals surface area contributed by atoms with Gasteiger partial charge in [-0.05, 0) is 19.3 Å². The van der Waals surface area contributed by atoms with Gasteiger partial charge in [-0.2, -0.15) is 0 Å². The summed E-state index contributed by atoms with van der Waals surface area (Å²) in [5.74, 6) is 0.131. The Morgan fingerprint density at radius 3 is 2.71 bits per heavy atom. The second-order valence-electron chi connectivity index (χ2n) is 4.75. The minimum atomic E-state index is -0.397. The van der Waals surface area contributed by atoms with E-state index < -0.39 is 6.04 Å². The van der Waals surface area contributed by atoms with Gasteiger partial charge in [0, 0.05) is 12.5 Å². The van der Waals surface area contributed by atoms with Gasteiger partial charge in [-0.3, -0.25) is 4.79 Å². The van der Waals surface area contributed by atoms with Crippen molar-refractivity contribution in [3.05, 3.63) is 0 Å². The number of aliphatic hydroxyl groups is 1. The first-order valence-electron chi connectivity index (χ1n) is 6.36.